The van der Waals surface area contributed by atoms with Crippen LogP contribution in [0.4, 0.5) is 0 Å². The Morgan fingerprint density at radius 3 is 2.56 bits per heavy atom. The first-order chi connectivity index (χ1) is 12.0. The highest BCUT2D eigenvalue weighted by Gasteiger charge is 2.18. The first-order valence-electron chi connectivity index (χ1n) is 8.99. The Balaban J connectivity index is 2.18. The van der Waals surface area contributed by atoms with Gasteiger partial charge >= 0.3 is 5.97 Å². The van der Waals surface area contributed by atoms with E-state index < -0.39 is 6.10 Å². The fraction of sp³-hybridized carbons (Fsp3) is 0.409. The minimum atomic E-state index is -0.627. The summed E-state index contributed by atoms with van der Waals surface area (Å²) in [5.41, 5.74) is 2.17. The van der Waals surface area contributed by atoms with E-state index >= 15 is 0 Å². The Morgan fingerprint density at radius 2 is 1.88 bits per heavy atom. The second-order valence-corrected chi connectivity index (χ2v) is 6.75. The summed E-state index contributed by atoms with van der Waals surface area (Å²) >= 11 is 0. The van der Waals surface area contributed by atoms with Crippen LogP contribution in [-0.2, 0) is 9.53 Å². The summed E-state index contributed by atoms with van der Waals surface area (Å²) in [5, 5.41) is 12.1. The average Bonchev–Trinajstić information content (AvgIpc) is 2.58. The smallest absolute Gasteiger partial charge is 0.309 e. The van der Waals surface area contributed by atoms with E-state index in [9.17, 15) is 9.90 Å². The second kappa shape index (κ2) is 9.38. The highest BCUT2D eigenvalue weighted by Crippen LogP contribution is 2.27. The van der Waals surface area contributed by atoms with Crippen LogP contribution < -0.4 is 0 Å². The third-order valence-electron chi connectivity index (χ3n) is 4.18. The van der Waals surface area contributed by atoms with E-state index in [4.69, 9.17) is 4.74 Å². The highest BCUT2D eigenvalue weighted by molar-refractivity contribution is 5.83. The van der Waals surface area contributed by atoms with Gasteiger partial charge in [0.15, 0.2) is 0 Å². The van der Waals surface area contributed by atoms with Crippen molar-refractivity contribution in [3.63, 3.8) is 0 Å². The van der Waals surface area contributed by atoms with Crippen LogP contribution in [0, 0.1) is 0 Å². The molecule has 0 aliphatic carbocycles. The second-order valence-electron chi connectivity index (χ2n) is 6.75. The molecule has 0 aliphatic heterocycles. The number of carbonyl (C=O) groups excluding carboxylic acids is 1. The summed E-state index contributed by atoms with van der Waals surface area (Å²) in [6.07, 6.45) is 3.27. The molecule has 1 N–H and O–H groups in total. The zero-order chi connectivity index (χ0) is 18.2. The van der Waals surface area contributed by atoms with E-state index in [2.05, 4.69) is 30.3 Å². The van der Waals surface area contributed by atoms with Gasteiger partial charge < -0.3 is 9.84 Å². The fourth-order valence-electron chi connectivity index (χ4n) is 2.84. The minimum Gasteiger partial charge on any atom is -0.457 e. The van der Waals surface area contributed by atoms with Crippen LogP contribution in [0.2, 0.25) is 0 Å². The Kier molecular flexibility index (Phi) is 7.20. The lowest BCUT2D eigenvalue weighted by Crippen LogP contribution is -2.18. The molecule has 0 spiro atoms. The summed E-state index contributed by atoms with van der Waals surface area (Å²) in [6, 6.07) is 14.3. The van der Waals surface area contributed by atoms with E-state index in [1.807, 2.05) is 39.0 Å². The summed E-state index contributed by atoms with van der Waals surface area (Å²) in [6.45, 7) is 6.05. The van der Waals surface area contributed by atoms with Crippen molar-refractivity contribution in [3.8, 4) is 0 Å². The molecule has 0 amide bonds. The van der Waals surface area contributed by atoms with Gasteiger partial charge in [0.1, 0.15) is 6.10 Å². The number of rotatable bonds is 8. The van der Waals surface area contributed by atoms with E-state index in [0.29, 0.717) is 12.8 Å². The van der Waals surface area contributed by atoms with E-state index in [1.165, 1.54) is 5.57 Å². The molecule has 2 rings (SSSR count). The van der Waals surface area contributed by atoms with Crippen LogP contribution in [0.5, 0.6) is 0 Å². The van der Waals surface area contributed by atoms with Gasteiger partial charge in [-0.05, 0) is 42.7 Å². The molecule has 3 heteroatoms. The lowest BCUT2D eigenvalue weighted by atomic mass is 10.0. The largest absolute Gasteiger partial charge is 0.457 e. The molecule has 2 atom stereocenters. The highest BCUT2D eigenvalue weighted by atomic mass is 16.5. The number of hydrogen-bond acceptors (Lipinski definition) is 3. The quantitative estimate of drug-likeness (QED) is 0.522. The number of carbonyl (C=O) groups is 1. The molecule has 2 unspecified atom stereocenters. The molecule has 3 nitrogen and oxygen atoms in total. The maximum atomic E-state index is 12.2. The van der Waals surface area contributed by atoms with Gasteiger partial charge in [0.05, 0.1) is 12.5 Å². The van der Waals surface area contributed by atoms with Crippen LogP contribution >= 0.6 is 0 Å². The first kappa shape index (κ1) is 19.2. The standard InChI is InChI=1S/C22H28O3/c1-4-7-20(23)15-22(24)25-21(13-10-16(2)3)19-12-11-17-8-5-6-9-18(17)14-19/h5-6,8-12,14,20-21,23H,4,7,13,15H2,1-3H3. The number of fused-ring (bicyclic) bond motifs is 1. The van der Waals surface area contributed by atoms with Crippen molar-refractivity contribution in [2.75, 3.05) is 0 Å². The topological polar surface area (TPSA) is 46.5 Å². The van der Waals surface area contributed by atoms with Crippen molar-refractivity contribution in [2.45, 2.75) is 58.7 Å². The molecule has 2 aromatic rings. The van der Waals surface area contributed by atoms with E-state index in [-0.39, 0.29) is 18.5 Å². The SMILES string of the molecule is CCCC(O)CC(=O)OC(CC=C(C)C)c1ccc2ccccc2c1. The Hall–Kier alpha value is -2.13. The van der Waals surface area contributed by atoms with E-state index in [1.54, 1.807) is 0 Å². The average molecular weight is 340 g/mol. The zero-order valence-corrected chi connectivity index (χ0v) is 15.4. The molecule has 0 bridgehead atoms. The molecule has 0 radical (unpaired) electrons. The van der Waals surface area contributed by atoms with Crippen LogP contribution in [0.1, 0.15) is 58.1 Å². The van der Waals surface area contributed by atoms with Crippen LogP contribution in [0.3, 0.4) is 0 Å². The van der Waals surface area contributed by atoms with Gasteiger partial charge in [-0.1, -0.05) is 61.4 Å². The summed E-state index contributed by atoms with van der Waals surface area (Å²) in [4.78, 5) is 12.2. The molecular formula is C22H28O3. The normalized spacial score (nSPS) is 13.3. The number of aliphatic hydroxyl groups excluding tert-OH is 1. The Labute approximate surface area is 150 Å². The minimum absolute atomic E-state index is 0.0484. The van der Waals surface area contributed by atoms with Gasteiger partial charge in [-0.2, -0.15) is 0 Å². The van der Waals surface area contributed by atoms with Crippen LogP contribution in [0.25, 0.3) is 10.8 Å². The van der Waals surface area contributed by atoms with Gasteiger partial charge in [0.25, 0.3) is 0 Å². The molecule has 0 saturated carbocycles. The summed E-state index contributed by atoms with van der Waals surface area (Å²) in [5.74, 6) is -0.346. The maximum absolute atomic E-state index is 12.2. The number of aliphatic hydroxyl groups is 1. The number of ether oxygens (including phenoxy) is 1. The third-order valence-corrected chi connectivity index (χ3v) is 4.18. The van der Waals surface area contributed by atoms with Crippen molar-refractivity contribution in [1.82, 2.24) is 0 Å². The Bertz CT molecular complexity index is 729. The molecule has 2 aromatic carbocycles. The van der Waals surface area contributed by atoms with Gasteiger partial charge in [-0.15, -0.1) is 0 Å². The van der Waals surface area contributed by atoms with Gasteiger partial charge in [0.2, 0.25) is 0 Å². The summed E-state index contributed by atoms with van der Waals surface area (Å²) in [7, 11) is 0. The van der Waals surface area contributed by atoms with Crippen molar-refractivity contribution in [3.05, 3.63) is 59.7 Å². The van der Waals surface area contributed by atoms with Crippen molar-refractivity contribution < 1.29 is 14.6 Å². The van der Waals surface area contributed by atoms with Gasteiger partial charge in [0, 0.05) is 6.42 Å². The third kappa shape index (κ3) is 6.02. The molecule has 0 aliphatic rings. The number of hydrogen-bond donors (Lipinski definition) is 1. The Morgan fingerprint density at radius 1 is 1.16 bits per heavy atom. The molecule has 0 saturated heterocycles. The lowest BCUT2D eigenvalue weighted by Gasteiger charge is -2.19. The monoisotopic (exact) mass is 340 g/mol. The maximum Gasteiger partial charge on any atom is 0.309 e. The lowest BCUT2D eigenvalue weighted by molar-refractivity contribution is -0.151. The van der Waals surface area contributed by atoms with Crippen molar-refractivity contribution in [1.29, 1.82) is 0 Å². The van der Waals surface area contributed by atoms with Gasteiger partial charge in [-0.3, -0.25) is 4.79 Å². The van der Waals surface area contributed by atoms with Crippen molar-refractivity contribution in [2.24, 2.45) is 0 Å². The molecule has 0 aromatic heterocycles. The summed E-state index contributed by atoms with van der Waals surface area (Å²) < 4.78 is 5.71. The predicted octanol–water partition coefficient (Wildman–Crippen LogP) is 5.33. The molecule has 0 heterocycles. The van der Waals surface area contributed by atoms with Crippen molar-refractivity contribution >= 4 is 16.7 Å². The van der Waals surface area contributed by atoms with Crippen LogP contribution in [0.15, 0.2) is 54.1 Å². The zero-order valence-electron chi connectivity index (χ0n) is 15.4. The van der Waals surface area contributed by atoms with Gasteiger partial charge in [-0.25, -0.2) is 0 Å². The van der Waals surface area contributed by atoms with E-state index in [0.717, 1.165) is 22.8 Å². The predicted molar refractivity (Wildman–Crippen MR) is 102 cm³/mol. The molecule has 134 valence electrons. The first-order valence-corrected chi connectivity index (χ1v) is 8.99. The molecular weight excluding hydrogens is 312 g/mol. The number of benzene rings is 2. The molecule has 0 fully saturated rings. The molecule has 25 heavy (non-hydrogen) atoms. The number of esters is 1. The van der Waals surface area contributed by atoms with Crippen LogP contribution in [-0.4, -0.2) is 17.2 Å². The fourth-order valence-corrected chi connectivity index (χ4v) is 2.84. The number of allylic oxidation sites excluding steroid dienone is 1.